The van der Waals surface area contributed by atoms with Crippen molar-refractivity contribution >= 4 is 5.97 Å². The van der Waals surface area contributed by atoms with Gasteiger partial charge in [0.15, 0.2) is 0 Å². The molecule has 1 spiro atoms. The van der Waals surface area contributed by atoms with Crippen molar-refractivity contribution in [2.75, 3.05) is 7.11 Å². The third kappa shape index (κ3) is 1.91. The van der Waals surface area contributed by atoms with Crippen molar-refractivity contribution in [3.05, 3.63) is 12.2 Å². The van der Waals surface area contributed by atoms with Crippen molar-refractivity contribution in [3.8, 4) is 0 Å². The van der Waals surface area contributed by atoms with Gasteiger partial charge in [-0.2, -0.15) is 0 Å². The van der Waals surface area contributed by atoms with Gasteiger partial charge >= 0.3 is 5.97 Å². The van der Waals surface area contributed by atoms with E-state index < -0.39 is 11.5 Å². The topological polar surface area (TPSA) is 46.5 Å². The molecule has 24 heavy (non-hydrogen) atoms. The Hall–Kier alpha value is -0.830. The van der Waals surface area contributed by atoms with E-state index in [0.717, 1.165) is 32.1 Å². The highest BCUT2D eigenvalue weighted by atomic mass is 16.5. The van der Waals surface area contributed by atoms with Crippen molar-refractivity contribution < 1.29 is 14.6 Å². The molecule has 0 saturated heterocycles. The monoisotopic (exact) mass is 332 g/mol. The molecule has 0 heterocycles. The normalized spacial score (nSPS) is 53.2. The molecule has 0 radical (unpaired) electrons. The molecular formula is C21H32O3. The highest BCUT2D eigenvalue weighted by molar-refractivity contribution is 5.77. The quantitative estimate of drug-likeness (QED) is 0.581. The van der Waals surface area contributed by atoms with Crippen LogP contribution in [0.2, 0.25) is 0 Å². The predicted octanol–water partition coefficient (Wildman–Crippen LogP) is 4.10. The Kier molecular flexibility index (Phi) is 3.53. The number of carbonyl (C=O) groups is 1. The van der Waals surface area contributed by atoms with Crippen molar-refractivity contribution in [1.82, 2.24) is 0 Å². The first-order valence-electron chi connectivity index (χ1n) is 9.71. The molecule has 3 heteroatoms. The minimum Gasteiger partial charge on any atom is -0.469 e. The molecule has 7 unspecified atom stereocenters. The van der Waals surface area contributed by atoms with Crippen LogP contribution >= 0.6 is 0 Å². The van der Waals surface area contributed by atoms with Crippen LogP contribution in [-0.2, 0) is 9.53 Å². The Bertz CT molecular complexity index is 584. The van der Waals surface area contributed by atoms with E-state index in [1.807, 2.05) is 6.92 Å². The van der Waals surface area contributed by atoms with Gasteiger partial charge in [0.25, 0.3) is 0 Å². The van der Waals surface area contributed by atoms with Gasteiger partial charge in [0.05, 0.1) is 18.6 Å². The van der Waals surface area contributed by atoms with Crippen molar-refractivity contribution in [2.45, 2.75) is 71.3 Å². The van der Waals surface area contributed by atoms with Crippen molar-refractivity contribution in [1.29, 1.82) is 0 Å². The van der Waals surface area contributed by atoms with Gasteiger partial charge in [0, 0.05) is 5.92 Å². The SMILES string of the molecule is C=C1CC23CC1CCC2C1(C)CCCC(C)(C(=O)OC)C1C(O)C3. The van der Waals surface area contributed by atoms with Crippen LogP contribution < -0.4 is 0 Å². The second kappa shape index (κ2) is 5.09. The molecule has 0 aromatic carbocycles. The van der Waals surface area contributed by atoms with Gasteiger partial charge in [-0.1, -0.05) is 25.5 Å². The van der Waals surface area contributed by atoms with Crippen LogP contribution in [0, 0.1) is 34.0 Å². The Labute approximate surface area is 145 Å². The van der Waals surface area contributed by atoms with E-state index in [1.54, 1.807) is 0 Å². The summed E-state index contributed by atoms with van der Waals surface area (Å²) in [4.78, 5) is 12.7. The number of aliphatic hydroxyl groups is 1. The van der Waals surface area contributed by atoms with Gasteiger partial charge < -0.3 is 9.84 Å². The molecule has 4 fully saturated rings. The van der Waals surface area contributed by atoms with E-state index in [4.69, 9.17) is 4.74 Å². The fourth-order valence-electron chi connectivity index (χ4n) is 8.00. The van der Waals surface area contributed by atoms with Crippen LogP contribution in [0.4, 0.5) is 0 Å². The maximum absolute atomic E-state index is 12.7. The average molecular weight is 332 g/mol. The number of methoxy groups -OCH3 is 1. The zero-order valence-electron chi connectivity index (χ0n) is 15.4. The number of carbonyl (C=O) groups excluding carboxylic acids is 1. The van der Waals surface area contributed by atoms with E-state index in [9.17, 15) is 9.90 Å². The van der Waals surface area contributed by atoms with E-state index in [2.05, 4.69) is 13.5 Å². The highest BCUT2D eigenvalue weighted by Gasteiger charge is 2.67. The molecule has 0 aromatic rings. The molecule has 4 rings (SSSR count). The molecule has 2 bridgehead atoms. The molecule has 0 amide bonds. The number of esters is 1. The van der Waals surface area contributed by atoms with Crippen LogP contribution in [0.1, 0.15) is 65.2 Å². The molecule has 7 atom stereocenters. The van der Waals surface area contributed by atoms with Crippen LogP contribution in [0.3, 0.4) is 0 Å². The molecule has 1 N–H and O–H groups in total. The lowest BCUT2D eigenvalue weighted by molar-refractivity contribution is -0.213. The van der Waals surface area contributed by atoms with Crippen molar-refractivity contribution in [3.63, 3.8) is 0 Å². The van der Waals surface area contributed by atoms with Gasteiger partial charge in [-0.15, -0.1) is 0 Å². The number of hydrogen-bond donors (Lipinski definition) is 1. The summed E-state index contributed by atoms with van der Waals surface area (Å²) >= 11 is 0. The Morgan fingerprint density at radius 1 is 1.25 bits per heavy atom. The van der Waals surface area contributed by atoms with Gasteiger partial charge in [0.2, 0.25) is 0 Å². The van der Waals surface area contributed by atoms with E-state index in [1.165, 1.54) is 31.9 Å². The zero-order chi connectivity index (χ0) is 17.3. The van der Waals surface area contributed by atoms with E-state index >= 15 is 0 Å². The largest absolute Gasteiger partial charge is 0.469 e. The third-order valence-electron chi connectivity index (χ3n) is 8.61. The van der Waals surface area contributed by atoms with Crippen LogP contribution in [0.15, 0.2) is 12.2 Å². The minimum atomic E-state index is -0.546. The second-order valence-electron chi connectivity index (χ2n) is 9.75. The summed E-state index contributed by atoms with van der Waals surface area (Å²) < 4.78 is 5.18. The van der Waals surface area contributed by atoms with Gasteiger partial charge in [0.1, 0.15) is 0 Å². The van der Waals surface area contributed by atoms with Gasteiger partial charge in [-0.05, 0) is 74.5 Å². The number of fused-ring (bicyclic) bond motifs is 3. The first-order chi connectivity index (χ1) is 11.3. The van der Waals surface area contributed by atoms with Gasteiger partial charge in [-0.3, -0.25) is 4.79 Å². The average Bonchev–Trinajstić information content (AvgIpc) is 2.74. The van der Waals surface area contributed by atoms with Crippen LogP contribution in [0.25, 0.3) is 0 Å². The molecule has 0 aliphatic heterocycles. The molecule has 3 nitrogen and oxygen atoms in total. The summed E-state index contributed by atoms with van der Waals surface area (Å²) in [6.07, 6.45) is 8.26. The van der Waals surface area contributed by atoms with E-state index in [-0.39, 0.29) is 22.7 Å². The fraction of sp³-hybridized carbons (Fsp3) is 0.857. The summed E-state index contributed by atoms with van der Waals surface area (Å²) in [5, 5.41) is 11.3. The maximum Gasteiger partial charge on any atom is 0.311 e. The molecule has 4 saturated carbocycles. The fourth-order valence-corrected chi connectivity index (χ4v) is 8.00. The predicted molar refractivity (Wildman–Crippen MR) is 93.2 cm³/mol. The minimum absolute atomic E-state index is 0.0206. The van der Waals surface area contributed by atoms with Crippen LogP contribution in [0.5, 0.6) is 0 Å². The lowest BCUT2D eigenvalue weighted by Crippen LogP contribution is -2.63. The van der Waals surface area contributed by atoms with E-state index in [0.29, 0.717) is 11.8 Å². The summed E-state index contributed by atoms with van der Waals surface area (Å²) in [6.45, 7) is 8.76. The summed E-state index contributed by atoms with van der Waals surface area (Å²) in [7, 11) is 1.49. The molecule has 4 aliphatic carbocycles. The number of rotatable bonds is 1. The van der Waals surface area contributed by atoms with Crippen molar-refractivity contribution in [2.24, 2.45) is 34.0 Å². The Morgan fingerprint density at radius 3 is 2.71 bits per heavy atom. The first-order valence-corrected chi connectivity index (χ1v) is 9.71. The standard InChI is InChI=1S/C21H32O3/c1-13-10-21-11-14(13)6-7-16(21)19(2)8-5-9-20(3,18(23)24-4)17(19)15(22)12-21/h14-17,22H,1,5-12H2,2-4H3. The Morgan fingerprint density at radius 2 is 2.00 bits per heavy atom. The molecule has 134 valence electrons. The maximum atomic E-state index is 12.7. The summed E-state index contributed by atoms with van der Waals surface area (Å²) in [6, 6.07) is 0. The number of allylic oxidation sites excluding steroid dienone is 1. The van der Waals surface area contributed by atoms with Gasteiger partial charge in [-0.25, -0.2) is 0 Å². The molecular weight excluding hydrogens is 300 g/mol. The second-order valence-corrected chi connectivity index (χ2v) is 9.75. The smallest absolute Gasteiger partial charge is 0.311 e. The number of aliphatic hydroxyl groups excluding tert-OH is 1. The van der Waals surface area contributed by atoms with Crippen LogP contribution in [-0.4, -0.2) is 24.3 Å². The number of ether oxygens (including phenoxy) is 1. The Balaban J connectivity index is 1.78. The highest BCUT2D eigenvalue weighted by Crippen LogP contribution is 2.72. The third-order valence-corrected chi connectivity index (χ3v) is 8.61. The summed E-state index contributed by atoms with van der Waals surface area (Å²) in [5.41, 5.74) is 1.14. The molecule has 4 aliphatic rings. The lowest BCUT2D eigenvalue weighted by Gasteiger charge is -2.64. The zero-order valence-corrected chi connectivity index (χ0v) is 15.4. The first kappa shape index (κ1) is 16.6. The number of hydrogen-bond acceptors (Lipinski definition) is 3. The summed E-state index contributed by atoms with van der Waals surface area (Å²) in [5.74, 6) is 1.17. The molecule has 0 aromatic heterocycles. The lowest BCUT2D eigenvalue weighted by atomic mass is 9.40.